The number of benzene rings is 2. The molecular formula is C35H39N5O7. The van der Waals surface area contributed by atoms with Gasteiger partial charge in [-0.25, -0.2) is 4.79 Å². The molecule has 246 valence electrons. The zero-order valence-corrected chi connectivity index (χ0v) is 26.3. The third-order valence-electron chi connectivity index (χ3n) is 8.63. The Morgan fingerprint density at radius 3 is 2.40 bits per heavy atom. The average molecular weight is 642 g/mol. The number of unbranched alkanes of at least 4 members (excludes halogenated alkanes) is 1. The number of nitrogens with zero attached hydrogens (tertiary/aromatic N) is 2. The van der Waals surface area contributed by atoms with E-state index in [1.165, 1.54) is 0 Å². The van der Waals surface area contributed by atoms with E-state index < -0.39 is 29.7 Å². The molecule has 1 aromatic heterocycles. The van der Waals surface area contributed by atoms with Crippen molar-refractivity contribution in [2.75, 3.05) is 25.7 Å². The van der Waals surface area contributed by atoms with Crippen LogP contribution in [0.25, 0.3) is 0 Å². The van der Waals surface area contributed by atoms with Gasteiger partial charge in [-0.05, 0) is 54.7 Å². The van der Waals surface area contributed by atoms with Crippen LogP contribution in [-0.2, 0) is 32.2 Å². The summed E-state index contributed by atoms with van der Waals surface area (Å²) in [4.78, 5) is 52.3. The Morgan fingerprint density at radius 2 is 1.70 bits per heavy atom. The topological polar surface area (TPSA) is 165 Å². The molecule has 1 unspecified atom stereocenters. The van der Waals surface area contributed by atoms with Crippen molar-refractivity contribution >= 4 is 29.5 Å². The maximum absolute atomic E-state index is 14.3. The van der Waals surface area contributed by atoms with Crippen molar-refractivity contribution in [2.45, 2.75) is 50.1 Å². The van der Waals surface area contributed by atoms with E-state index in [1.807, 2.05) is 65.2 Å². The van der Waals surface area contributed by atoms with Crippen LogP contribution in [0.1, 0.15) is 52.5 Å². The Morgan fingerprint density at radius 1 is 0.979 bits per heavy atom. The highest BCUT2D eigenvalue weighted by Crippen LogP contribution is 2.40. The molecule has 1 aliphatic carbocycles. The summed E-state index contributed by atoms with van der Waals surface area (Å²) in [7, 11) is 3.11. The van der Waals surface area contributed by atoms with Crippen molar-refractivity contribution in [1.29, 1.82) is 0 Å². The van der Waals surface area contributed by atoms with Crippen molar-refractivity contribution in [3.8, 4) is 0 Å². The average Bonchev–Trinajstić information content (AvgIpc) is 3.40. The smallest absolute Gasteiger partial charge is 0.404 e. The number of carbonyl (C=O) groups excluding carboxylic acids is 3. The Hall–Kier alpha value is -5.20. The van der Waals surface area contributed by atoms with Gasteiger partial charge >= 0.3 is 6.09 Å². The van der Waals surface area contributed by atoms with Crippen molar-refractivity contribution < 1.29 is 33.8 Å². The summed E-state index contributed by atoms with van der Waals surface area (Å²) in [5, 5.41) is 13.7. The molecule has 0 spiro atoms. The quantitative estimate of drug-likeness (QED) is 0.173. The summed E-state index contributed by atoms with van der Waals surface area (Å²) >= 11 is 0. The van der Waals surface area contributed by atoms with E-state index >= 15 is 0 Å². The minimum Gasteiger partial charge on any atom is -0.465 e. The Labute approximate surface area is 272 Å². The zero-order chi connectivity index (χ0) is 33.6. The Bertz CT molecular complexity index is 1690. The minimum absolute atomic E-state index is 0.180. The lowest BCUT2D eigenvalue weighted by Gasteiger charge is -2.37. The maximum Gasteiger partial charge on any atom is 0.404 e. The monoisotopic (exact) mass is 641 g/mol. The first-order valence-corrected chi connectivity index (χ1v) is 15.4. The van der Waals surface area contributed by atoms with Crippen LogP contribution in [0.15, 0.2) is 90.5 Å². The molecule has 0 fully saturated rings. The van der Waals surface area contributed by atoms with E-state index in [0.717, 1.165) is 16.8 Å². The number of fused-ring (bicyclic) bond motifs is 2. The second kappa shape index (κ2) is 14.5. The molecule has 2 atom stereocenters. The van der Waals surface area contributed by atoms with Gasteiger partial charge in [-0.15, -0.1) is 0 Å². The van der Waals surface area contributed by atoms with Gasteiger partial charge in [-0.2, -0.15) is 0 Å². The van der Waals surface area contributed by atoms with Crippen LogP contribution >= 0.6 is 0 Å². The number of primary amides is 1. The van der Waals surface area contributed by atoms with Gasteiger partial charge in [0.15, 0.2) is 5.79 Å². The molecule has 3 aromatic rings. The number of para-hydroxylation sites is 1. The minimum atomic E-state index is -1.21. The number of nitrogens with two attached hydrogens (primary N) is 1. The van der Waals surface area contributed by atoms with Crippen molar-refractivity contribution in [1.82, 2.24) is 15.2 Å². The van der Waals surface area contributed by atoms with Crippen LogP contribution in [0.2, 0.25) is 0 Å². The number of hydrogen-bond donors (Lipinski definition) is 4. The van der Waals surface area contributed by atoms with Gasteiger partial charge in [0.2, 0.25) is 5.91 Å². The fraction of sp³-hybridized carbons (Fsp3) is 0.314. The number of nitrogens with one attached hydrogen (secondary N) is 2. The number of carboxylic acid groups (broad SMARTS) is 1. The lowest BCUT2D eigenvalue weighted by atomic mass is 9.84. The number of aromatic nitrogens is 1. The number of anilines is 1. The zero-order valence-electron chi connectivity index (χ0n) is 26.3. The third-order valence-corrected chi connectivity index (χ3v) is 8.63. The number of methoxy groups -OCH3 is 2. The first-order chi connectivity index (χ1) is 22.7. The summed E-state index contributed by atoms with van der Waals surface area (Å²) in [5.74, 6) is -2.90. The van der Waals surface area contributed by atoms with E-state index in [2.05, 4.69) is 10.6 Å². The summed E-state index contributed by atoms with van der Waals surface area (Å²) in [5.41, 5.74) is 9.55. The first-order valence-electron chi connectivity index (χ1n) is 15.4. The van der Waals surface area contributed by atoms with Crippen LogP contribution in [0.5, 0.6) is 0 Å². The molecule has 47 heavy (non-hydrogen) atoms. The highest BCUT2D eigenvalue weighted by Gasteiger charge is 2.41. The second-order valence-electron chi connectivity index (χ2n) is 11.4. The van der Waals surface area contributed by atoms with Crippen molar-refractivity contribution in [3.63, 3.8) is 0 Å². The lowest BCUT2D eigenvalue weighted by molar-refractivity contribution is -0.179. The van der Waals surface area contributed by atoms with Gasteiger partial charge in [0.25, 0.3) is 11.8 Å². The molecule has 0 saturated carbocycles. The molecule has 12 nitrogen and oxygen atoms in total. The van der Waals surface area contributed by atoms with Crippen LogP contribution in [-0.4, -0.2) is 66.1 Å². The number of ether oxygens (including phenoxy) is 2. The molecule has 1 aliphatic heterocycles. The largest absolute Gasteiger partial charge is 0.465 e. The molecule has 5 rings (SSSR count). The molecule has 4 amide bonds. The third kappa shape index (κ3) is 7.13. The second-order valence-corrected chi connectivity index (χ2v) is 11.4. The summed E-state index contributed by atoms with van der Waals surface area (Å²) in [6.45, 7) is 0.727. The highest BCUT2D eigenvalue weighted by atomic mass is 16.7. The first kappa shape index (κ1) is 33.2. The highest BCUT2D eigenvalue weighted by molar-refractivity contribution is 6.08. The van der Waals surface area contributed by atoms with E-state index in [4.69, 9.17) is 20.3 Å². The predicted molar refractivity (Wildman–Crippen MR) is 175 cm³/mol. The van der Waals surface area contributed by atoms with Crippen LogP contribution in [0, 0.1) is 0 Å². The number of hydrogen-bond acceptors (Lipinski definition) is 6. The molecule has 0 radical (unpaired) electrons. The molecule has 0 bridgehead atoms. The van der Waals surface area contributed by atoms with Gasteiger partial charge in [0.05, 0.1) is 19.0 Å². The Kier molecular flexibility index (Phi) is 10.2. The summed E-state index contributed by atoms with van der Waals surface area (Å²) < 4.78 is 13.7. The molecule has 2 aromatic carbocycles. The van der Waals surface area contributed by atoms with Crippen LogP contribution < -0.4 is 21.3 Å². The number of amides is 4. The fourth-order valence-electron chi connectivity index (χ4n) is 6.16. The van der Waals surface area contributed by atoms with E-state index in [9.17, 15) is 19.2 Å². The number of carbonyl (C=O) groups is 4. The molecule has 12 heteroatoms. The molecular weight excluding hydrogens is 602 g/mol. The van der Waals surface area contributed by atoms with Gasteiger partial charge in [-0.3, -0.25) is 14.4 Å². The van der Waals surface area contributed by atoms with Gasteiger partial charge in [0, 0.05) is 37.7 Å². The molecule has 0 saturated heterocycles. The fourth-order valence-corrected chi connectivity index (χ4v) is 6.16. The maximum atomic E-state index is 14.3. The van der Waals surface area contributed by atoms with E-state index in [-0.39, 0.29) is 31.3 Å². The van der Waals surface area contributed by atoms with Crippen molar-refractivity contribution in [3.05, 3.63) is 113 Å². The van der Waals surface area contributed by atoms with Crippen LogP contribution in [0.4, 0.5) is 10.5 Å². The standard InChI is InChI=1S/C35H39N5O7/c1-46-35(47-2)20-24(15-17-27(35)23-10-4-3-5-11-23)33(43)40-22-26-16-18-30(39(26)21-25-12-6-7-14-29(25)40)32(42)38-28(31(36)41)13-8-9-19-37-34(44)45/h3-7,10-12,14-18,20,27-28,37H,8-9,13,19,21-22H2,1-2H3,(H2,36,41)(H,38,42)(H,44,45)/t27?,28-/m0/s1. The normalized spacial score (nSPS) is 17.0. The SMILES string of the molecule is COC1(OC)C=C(C(=O)N2Cc3ccc(C(=O)N[C@@H](CCCCNC(=O)O)C(N)=O)n3Cc3ccccc32)C=CC1c1ccccc1. The van der Waals surface area contributed by atoms with E-state index in [0.29, 0.717) is 36.3 Å². The summed E-state index contributed by atoms with van der Waals surface area (Å²) in [6.07, 6.45) is 5.55. The Balaban J connectivity index is 1.39. The lowest BCUT2D eigenvalue weighted by Crippen LogP contribution is -2.45. The molecule has 2 heterocycles. The van der Waals surface area contributed by atoms with Gasteiger partial charge in [-0.1, -0.05) is 60.7 Å². The van der Waals surface area contributed by atoms with Crippen molar-refractivity contribution in [2.24, 2.45) is 5.73 Å². The summed E-state index contributed by atoms with van der Waals surface area (Å²) in [6, 6.07) is 19.9. The molecule has 5 N–H and O–H groups in total. The number of rotatable bonds is 12. The predicted octanol–water partition coefficient (Wildman–Crippen LogP) is 3.67. The van der Waals surface area contributed by atoms with Gasteiger partial charge < -0.3 is 40.4 Å². The van der Waals surface area contributed by atoms with E-state index in [1.54, 1.807) is 43.4 Å². The van der Waals surface area contributed by atoms with Crippen LogP contribution in [0.3, 0.4) is 0 Å². The van der Waals surface area contributed by atoms with Gasteiger partial charge in [0.1, 0.15) is 11.7 Å². The molecule has 2 aliphatic rings.